The van der Waals surface area contributed by atoms with Crippen molar-refractivity contribution in [1.29, 1.82) is 0 Å². The van der Waals surface area contributed by atoms with Crippen molar-refractivity contribution in [2.75, 3.05) is 11.9 Å². The lowest BCUT2D eigenvalue weighted by molar-refractivity contribution is -0.121. The molecule has 2 N–H and O–H groups in total. The lowest BCUT2D eigenvalue weighted by Crippen LogP contribution is -2.34. The molecule has 1 amide bonds. The molecule has 0 unspecified atom stereocenters. The van der Waals surface area contributed by atoms with Crippen LogP contribution in [0.3, 0.4) is 0 Å². The molecule has 1 aromatic carbocycles. The summed E-state index contributed by atoms with van der Waals surface area (Å²) in [5, 5.41) is 0. The normalized spacial score (nSPS) is 18.1. The van der Waals surface area contributed by atoms with E-state index in [0.29, 0.717) is 0 Å². The largest absolute Gasteiger partial charge is 0.325 e. The summed E-state index contributed by atoms with van der Waals surface area (Å²) in [6, 6.07) is 6.23. The molecule has 2 rings (SSSR count). The highest BCUT2D eigenvalue weighted by Crippen LogP contribution is 2.41. The van der Waals surface area contributed by atoms with E-state index < -0.39 is 5.41 Å². The molecule has 0 saturated heterocycles. The summed E-state index contributed by atoms with van der Waals surface area (Å²) in [5.41, 5.74) is 8.71. The van der Waals surface area contributed by atoms with Crippen molar-refractivity contribution < 1.29 is 4.79 Å². The molecule has 0 fully saturated rings. The van der Waals surface area contributed by atoms with Crippen LogP contribution in [0.25, 0.3) is 0 Å². The Kier molecular flexibility index (Phi) is 2.78. The Hall–Kier alpha value is -1.35. The molecule has 0 aromatic heterocycles. The standard InChI is InChI=1S/C15H22N2O/c1-14(2,16)9-10-6-7-12-11(8-10)15(3,4)13(18)17(12)5/h6-8H,9,16H2,1-5H3. The summed E-state index contributed by atoms with van der Waals surface area (Å²) in [4.78, 5) is 13.9. The number of hydrogen-bond donors (Lipinski definition) is 1. The number of likely N-dealkylation sites (N-methyl/N-ethyl adjacent to an activating group) is 1. The van der Waals surface area contributed by atoms with Crippen molar-refractivity contribution in [2.45, 2.75) is 45.1 Å². The van der Waals surface area contributed by atoms with Crippen molar-refractivity contribution in [2.24, 2.45) is 5.73 Å². The first-order valence-electron chi connectivity index (χ1n) is 6.33. The molecule has 1 aliphatic heterocycles. The molecule has 0 spiro atoms. The molecule has 1 heterocycles. The molecule has 0 bridgehead atoms. The van der Waals surface area contributed by atoms with Gasteiger partial charge in [-0.15, -0.1) is 0 Å². The van der Waals surface area contributed by atoms with Gasteiger partial charge in [0.15, 0.2) is 0 Å². The number of amides is 1. The molecule has 3 heteroatoms. The monoisotopic (exact) mass is 246 g/mol. The fourth-order valence-corrected chi connectivity index (χ4v) is 2.66. The van der Waals surface area contributed by atoms with Gasteiger partial charge in [-0.2, -0.15) is 0 Å². The van der Waals surface area contributed by atoms with E-state index >= 15 is 0 Å². The van der Waals surface area contributed by atoms with Gasteiger partial charge in [0, 0.05) is 18.3 Å². The van der Waals surface area contributed by atoms with Crippen LogP contribution in [-0.2, 0) is 16.6 Å². The fourth-order valence-electron chi connectivity index (χ4n) is 2.66. The van der Waals surface area contributed by atoms with E-state index in [4.69, 9.17) is 5.73 Å². The number of nitrogens with zero attached hydrogens (tertiary/aromatic N) is 1. The van der Waals surface area contributed by atoms with E-state index in [1.807, 2.05) is 40.8 Å². The molecular formula is C15H22N2O. The Morgan fingerprint density at radius 2 is 1.94 bits per heavy atom. The van der Waals surface area contributed by atoms with Crippen LogP contribution in [0.5, 0.6) is 0 Å². The van der Waals surface area contributed by atoms with Crippen LogP contribution < -0.4 is 10.6 Å². The number of nitrogens with two attached hydrogens (primary N) is 1. The Morgan fingerprint density at radius 1 is 1.33 bits per heavy atom. The van der Waals surface area contributed by atoms with Crippen molar-refractivity contribution in [3.8, 4) is 0 Å². The van der Waals surface area contributed by atoms with E-state index in [1.165, 1.54) is 5.56 Å². The minimum atomic E-state index is -0.432. The predicted octanol–water partition coefficient (Wildman–Crippen LogP) is 2.22. The topological polar surface area (TPSA) is 46.3 Å². The Labute approximate surface area is 109 Å². The molecule has 18 heavy (non-hydrogen) atoms. The summed E-state index contributed by atoms with van der Waals surface area (Å²) in [7, 11) is 1.84. The van der Waals surface area contributed by atoms with Gasteiger partial charge in [-0.25, -0.2) is 0 Å². The van der Waals surface area contributed by atoms with Gasteiger partial charge < -0.3 is 10.6 Å². The first-order chi connectivity index (χ1) is 8.13. The smallest absolute Gasteiger partial charge is 0.236 e. The van der Waals surface area contributed by atoms with Crippen molar-refractivity contribution in [3.05, 3.63) is 29.3 Å². The number of benzene rings is 1. The highest BCUT2D eigenvalue weighted by atomic mass is 16.2. The Bertz CT molecular complexity index is 498. The second-order valence-corrected chi connectivity index (χ2v) is 6.51. The lowest BCUT2D eigenvalue weighted by Gasteiger charge is -2.20. The van der Waals surface area contributed by atoms with Gasteiger partial charge in [-0.3, -0.25) is 4.79 Å². The van der Waals surface area contributed by atoms with Crippen molar-refractivity contribution in [3.63, 3.8) is 0 Å². The van der Waals surface area contributed by atoms with E-state index in [-0.39, 0.29) is 11.4 Å². The molecule has 1 aromatic rings. The van der Waals surface area contributed by atoms with Gasteiger partial charge in [0.1, 0.15) is 0 Å². The fraction of sp³-hybridized carbons (Fsp3) is 0.533. The first-order valence-corrected chi connectivity index (χ1v) is 6.33. The summed E-state index contributed by atoms with van der Waals surface area (Å²) in [6.45, 7) is 8.00. The van der Waals surface area contributed by atoms with E-state index in [9.17, 15) is 4.79 Å². The van der Waals surface area contributed by atoms with Gasteiger partial charge in [-0.1, -0.05) is 12.1 Å². The van der Waals surface area contributed by atoms with Crippen LogP contribution >= 0.6 is 0 Å². The SMILES string of the molecule is CN1C(=O)C(C)(C)c2cc(CC(C)(C)N)ccc21. The van der Waals surface area contributed by atoms with Gasteiger partial charge in [0.05, 0.1) is 5.41 Å². The number of carbonyl (C=O) groups excluding carboxylic acids is 1. The summed E-state index contributed by atoms with van der Waals surface area (Å²) < 4.78 is 0. The van der Waals surface area contributed by atoms with Gasteiger partial charge >= 0.3 is 0 Å². The van der Waals surface area contributed by atoms with Crippen LogP contribution in [0.2, 0.25) is 0 Å². The zero-order valence-corrected chi connectivity index (χ0v) is 11.9. The number of hydrogen-bond acceptors (Lipinski definition) is 2. The average Bonchev–Trinajstić information content (AvgIpc) is 2.39. The highest BCUT2D eigenvalue weighted by Gasteiger charge is 2.42. The number of rotatable bonds is 2. The number of fused-ring (bicyclic) bond motifs is 1. The highest BCUT2D eigenvalue weighted by molar-refractivity contribution is 6.07. The van der Waals surface area contributed by atoms with Crippen LogP contribution in [0.1, 0.15) is 38.8 Å². The minimum Gasteiger partial charge on any atom is -0.325 e. The third-order valence-corrected chi connectivity index (χ3v) is 3.59. The summed E-state index contributed by atoms with van der Waals surface area (Å²) in [6.07, 6.45) is 0.814. The molecule has 1 aliphatic rings. The van der Waals surface area contributed by atoms with Crippen LogP contribution in [0.15, 0.2) is 18.2 Å². The van der Waals surface area contributed by atoms with E-state index in [2.05, 4.69) is 12.1 Å². The molecule has 3 nitrogen and oxygen atoms in total. The van der Waals surface area contributed by atoms with Crippen LogP contribution in [-0.4, -0.2) is 18.5 Å². The van der Waals surface area contributed by atoms with Gasteiger partial charge in [-0.05, 0) is 51.3 Å². The summed E-state index contributed by atoms with van der Waals surface area (Å²) in [5.74, 6) is 0.154. The molecular weight excluding hydrogens is 224 g/mol. The van der Waals surface area contributed by atoms with Crippen molar-refractivity contribution in [1.82, 2.24) is 0 Å². The zero-order valence-electron chi connectivity index (χ0n) is 11.9. The second-order valence-electron chi connectivity index (χ2n) is 6.51. The Balaban J connectivity index is 2.46. The van der Waals surface area contributed by atoms with E-state index in [0.717, 1.165) is 17.7 Å². The minimum absolute atomic E-state index is 0.154. The zero-order chi connectivity index (χ0) is 13.7. The lowest BCUT2D eigenvalue weighted by atomic mass is 9.84. The molecule has 0 saturated carbocycles. The van der Waals surface area contributed by atoms with E-state index in [1.54, 1.807) is 4.90 Å². The van der Waals surface area contributed by atoms with Gasteiger partial charge in [0.25, 0.3) is 0 Å². The molecule has 98 valence electrons. The third kappa shape index (κ3) is 2.03. The predicted molar refractivity (Wildman–Crippen MR) is 74.8 cm³/mol. The maximum atomic E-state index is 12.2. The molecule has 0 radical (unpaired) electrons. The molecule has 0 atom stereocenters. The maximum Gasteiger partial charge on any atom is 0.236 e. The number of carbonyl (C=O) groups is 1. The van der Waals surface area contributed by atoms with Gasteiger partial charge in [0.2, 0.25) is 5.91 Å². The second kappa shape index (κ2) is 3.82. The Morgan fingerprint density at radius 3 is 2.50 bits per heavy atom. The maximum absolute atomic E-state index is 12.2. The quantitative estimate of drug-likeness (QED) is 0.869. The summed E-state index contributed by atoms with van der Waals surface area (Å²) >= 11 is 0. The van der Waals surface area contributed by atoms with Crippen molar-refractivity contribution >= 4 is 11.6 Å². The number of anilines is 1. The van der Waals surface area contributed by atoms with Crippen LogP contribution in [0.4, 0.5) is 5.69 Å². The average molecular weight is 246 g/mol. The molecule has 0 aliphatic carbocycles. The first kappa shape index (κ1) is 13.1. The third-order valence-electron chi connectivity index (χ3n) is 3.59. The van der Waals surface area contributed by atoms with Crippen LogP contribution in [0, 0.1) is 0 Å².